The van der Waals surface area contributed by atoms with Crippen molar-refractivity contribution in [3.8, 4) is 0 Å². The van der Waals surface area contributed by atoms with Gasteiger partial charge in [-0.05, 0) is 46.9 Å². The fraction of sp³-hybridized carbons (Fsp3) is 0.176. The van der Waals surface area contributed by atoms with Crippen LogP contribution in [0.15, 0.2) is 48.5 Å². The Morgan fingerprint density at radius 1 is 0.962 bits per heavy atom. The summed E-state index contributed by atoms with van der Waals surface area (Å²) in [5, 5.41) is 7.30. The van der Waals surface area contributed by atoms with Gasteiger partial charge in [0.2, 0.25) is 5.91 Å². The molecule has 2 aromatic rings. The lowest BCUT2D eigenvalue weighted by Crippen LogP contribution is -2.34. The number of nitrogens with one attached hydrogen (secondary N) is 3. The van der Waals surface area contributed by atoms with E-state index in [0.29, 0.717) is 5.69 Å². The van der Waals surface area contributed by atoms with Gasteiger partial charge in [-0.2, -0.15) is 13.2 Å². The van der Waals surface area contributed by atoms with E-state index in [1.807, 2.05) is 17.4 Å². The highest BCUT2D eigenvalue weighted by molar-refractivity contribution is 14.1. The first-order valence-electron chi connectivity index (χ1n) is 7.48. The molecule has 0 aliphatic carbocycles. The van der Waals surface area contributed by atoms with Crippen LogP contribution in [0.1, 0.15) is 10.4 Å². The van der Waals surface area contributed by atoms with Crippen LogP contribution in [0, 0.1) is 3.57 Å². The van der Waals surface area contributed by atoms with Gasteiger partial charge in [0.1, 0.15) is 6.54 Å². The molecular formula is C17H15F3IN3O2. The molecule has 0 heterocycles. The Morgan fingerprint density at radius 2 is 1.58 bits per heavy atom. The number of hydrogen-bond acceptors (Lipinski definition) is 3. The van der Waals surface area contributed by atoms with Crippen LogP contribution >= 0.6 is 22.6 Å². The molecule has 2 aromatic carbocycles. The number of carbonyl (C=O) groups is 2. The van der Waals surface area contributed by atoms with Crippen molar-refractivity contribution in [1.82, 2.24) is 5.32 Å². The lowest BCUT2D eigenvalue weighted by molar-refractivity contribution is -0.123. The number of benzene rings is 2. The SMILES string of the molecule is O=C(CNc1ccccc1C(=O)NCC(F)(F)F)Nc1ccccc1I. The number of alkyl halides is 3. The predicted molar refractivity (Wildman–Crippen MR) is 101 cm³/mol. The fourth-order valence-corrected chi connectivity index (χ4v) is 2.57. The summed E-state index contributed by atoms with van der Waals surface area (Å²) in [6, 6.07) is 13.2. The molecule has 0 saturated heterocycles. The molecule has 26 heavy (non-hydrogen) atoms. The van der Waals surface area contributed by atoms with E-state index in [2.05, 4.69) is 33.2 Å². The Hall–Kier alpha value is -2.30. The summed E-state index contributed by atoms with van der Waals surface area (Å²) >= 11 is 2.08. The van der Waals surface area contributed by atoms with Crippen LogP contribution in [-0.4, -0.2) is 31.1 Å². The van der Waals surface area contributed by atoms with Gasteiger partial charge in [0.25, 0.3) is 5.91 Å². The number of amides is 2. The molecular weight excluding hydrogens is 462 g/mol. The summed E-state index contributed by atoms with van der Waals surface area (Å²) < 4.78 is 37.6. The van der Waals surface area contributed by atoms with Gasteiger partial charge in [0.05, 0.1) is 17.8 Å². The molecule has 0 aliphatic heterocycles. The van der Waals surface area contributed by atoms with E-state index in [1.165, 1.54) is 18.2 Å². The van der Waals surface area contributed by atoms with Gasteiger partial charge in [-0.1, -0.05) is 24.3 Å². The van der Waals surface area contributed by atoms with Crippen molar-refractivity contribution in [2.75, 3.05) is 23.7 Å². The molecule has 0 unspecified atom stereocenters. The summed E-state index contributed by atoms with van der Waals surface area (Å²) in [5.41, 5.74) is 0.944. The van der Waals surface area contributed by atoms with E-state index in [-0.39, 0.29) is 23.7 Å². The third kappa shape index (κ3) is 6.21. The molecule has 0 spiro atoms. The zero-order valence-corrected chi connectivity index (χ0v) is 15.5. The normalized spacial score (nSPS) is 10.9. The van der Waals surface area contributed by atoms with Gasteiger partial charge in [0, 0.05) is 9.26 Å². The van der Waals surface area contributed by atoms with Crippen molar-refractivity contribution < 1.29 is 22.8 Å². The Kier molecular flexibility index (Phi) is 6.83. The summed E-state index contributed by atoms with van der Waals surface area (Å²) in [6.45, 7) is -1.57. The van der Waals surface area contributed by atoms with Crippen LogP contribution in [0.5, 0.6) is 0 Å². The first-order valence-corrected chi connectivity index (χ1v) is 8.56. The zero-order chi connectivity index (χ0) is 19.2. The van der Waals surface area contributed by atoms with Crippen molar-refractivity contribution >= 4 is 45.8 Å². The Balaban J connectivity index is 1.98. The van der Waals surface area contributed by atoms with Crippen LogP contribution in [0.2, 0.25) is 0 Å². The molecule has 3 N–H and O–H groups in total. The molecule has 5 nitrogen and oxygen atoms in total. The molecule has 0 fully saturated rings. The van der Waals surface area contributed by atoms with Gasteiger partial charge in [0.15, 0.2) is 0 Å². The van der Waals surface area contributed by atoms with Crippen molar-refractivity contribution in [3.63, 3.8) is 0 Å². The second kappa shape index (κ2) is 8.88. The first-order chi connectivity index (χ1) is 12.3. The largest absolute Gasteiger partial charge is 0.405 e. The van der Waals surface area contributed by atoms with Crippen molar-refractivity contribution in [1.29, 1.82) is 0 Å². The van der Waals surface area contributed by atoms with Gasteiger partial charge >= 0.3 is 6.18 Å². The third-order valence-corrected chi connectivity index (χ3v) is 4.15. The third-order valence-electron chi connectivity index (χ3n) is 3.21. The highest BCUT2D eigenvalue weighted by Crippen LogP contribution is 2.18. The van der Waals surface area contributed by atoms with Gasteiger partial charge < -0.3 is 16.0 Å². The Labute approximate surface area is 161 Å². The number of halogens is 4. The van der Waals surface area contributed by atoms with Gasteiger partial charge in [-0.25, -0.2) is 0 Å². The van der Waals surface area contributed by atoms with E-state index in [4.69, 9.17) is 0 Å². The number of rotatable bonds is 6. The van der Waals surface area contributed by atoms with Crippen LogP contribution < -0.4 is 16.0 Å². The van der Waals surface area contributed by atoms with E-state index >= 15 is 0 Å². The Morgan fingerprint density at radius 3 is 2.23 bits per heavy atom. The second-order valence-electron chi connectivity index (χ2n) is 5.23. The highest BCUT2D eigenvalue weighted by Gasteiger charge is 2.28. The number of para-hydroxylation sites is 2. The maximum Gasteiger partial charge on any atom is 0.405 e. The summed E-state index contributed by atoms with van der Waals surface area (Å²) in [6.07, 6.45) is -4.50. The molecule has 0 bridgehead atoms. The second-order valence-corrected chi connectivity index (χ2v) is 6.39. The number of carbonyl (C=O) groups excluding carboxylic acids is 2. The van der Waals surface area contributed by atoms with Gasteiger partial charge in [-0.3, -0.25) is 9.59 Å². The predicted octanol–water partition coefficient (Wildman–Crippen LogP) is 3.63. The highest BCUT2D eigenvalue weighted by atomic mass is 127. The van der Waals surface area contributed by atoms with E-state index < -0.39 is 18.6 Å². The van der Waals surface area contributed by atoms with Crippen LogP contribution in [-0.2, 0) is 4.79 Å². The Bertz CT molecular complexity index is 797. The van der Waals surface area contributed by atoms with E-state index in [0.717, 1.165) is 3.57 Å². The number of anilines is 2. The lowest BCUT2D eigenvalue weighted by Gasteiger charge is -2.13. The zero-order valence-electron chi connectivity index (χ0n) is 13.4. The minimum absolute atomic E-state index is 0.0267. The fourth-order valence-electron chi connectivity index (χ4n) is 2.04. The minimum Gasteiger partial charge on any atom is -0.376 e. The lowest BCUT2D eigenvalue weighted by atomic mass is 10.1. The molecule has 0 radical (unpaired) electrons. The molecule has 0 saturated carbocycles. The number of hydrogen-bond donors (Lipinski definition) is 3. The molecule has 0 aliphatic rings. The summed E-state index contributed by atoms with van der Waals surface area (Å²) in [5.74, 6) is -1.22. The quantitative estimate of drug-likeness (QED) is 0.557. The molecule has 9 heteroatoms. The molecule has 2 amide bonds. The summed E-state index contributed by atoms with van der Waals surface area (Å²) in [7, 11) is 0. The van der Waals surface area contributed by atoms with Crippen LogP contribution in [0.4, 0.5) is 24.5 Å². The monoisotopic (exact) mass is 477 g/mol. The average molecular weight is 477 g/mol. The maximum absolute atomic E-state index is 12.2. The van der Waals surface area contributed by atoms with Crippen molar-refractivity contribution in [3.05, 3.63) is 57.7 Å². The van der Waals surface area contributed by atoms with Crippen molar-refractivity contribution in [2.45, 2.75) is 6.18 Å². The van der Waals surface area contributed by atoms with Crippen molar-refractivity contribution in [2.24, 2.45) is 0 Å². The van der Waals surface area contributed by atoms with Gasteiger partial charge in [-0.15, -0.1) is 0 Å². The first kappa shape index (κ1) is 20.0. The summed E-state index contributed by atoms with van der Waals surface area (Å²) in [4.78, 5) is 24.0. The molecule has 0 aromatic heterocycles. The van der Waals surface area contributed by atoms with E-state index in [9.17, 15) is 22.8 Å². The van der Waals surface area contributed by atoms with Crippen LogP contribution in [0.3, 0.4) is 0 Å². The molecule has 0 atom stereocenters. The topological polar surface area (TPSA) is 70.2 Å². The maximum atomic E-state index is 12.2. The van der Waals surface area contributed by atoms with E-state index in [1.54, 1.807) is 18.2 Å². The minimum atomic E-state index is -4.50. The van der Waals surface area contributed by atoms with Crippen LogP contribution in [0.25, 0.3) is 0 Å². The molecule has 138 valence electrons. The standard InChI is InChI=1S/C17H15F3IN3O2/c18-17(19,20)10-23-16(26)11-5-1-3-7-13(11)22-9-15(25)24-14-8-4-2-6-12(14)21/h1-8,22H,9-10H2,(H,23,26)(H,24,25). The molecule has 2 rings (SSSR count). The average Bonchev–Trinajstić information content (AvgIpc) is 2.59. The smallest absolute Gasteiger partial charge is 0.376 e.